The number of ether oxygens (including phenoxy) is 2. The number of pyridine rings is 1. The second-order valence-electron chi connectivity index (χ2n) is 4.67. The molecule has 0 saturated heterocycles. The average Bonchev–Trinajstić information content (AvgIpc) is 2.64. The van der Waals surface area contributed by atoms with Gasteiger partial charge in [-0.25, -0.2) is 9.97 Å². The first kappa shape index (κ1) is 15.4. The first-order valence-corrected chi connectivity index (χ1v) is 7.11. The predicted octanol–water partition coefficient (Wildman–Crippen LogP) is 2.92. The number of aromatic nitrogens is 3. The van der Waals surface area contributed by atoms with Crippen molar-refractivity contribution in [3.63, 3.8) is 0 Å². The summed E-state index contributed by atoms with van der Waals surface area (Å²) in [6.07, 6.45) is 4.72. The van der Waals surface area contributed by atoms with Crippen LogP contribution >= 0.6 is 0 Å². The van der Waals surface area contributed by atoms with Gasteiger partial charge in [-0.1, -0.05) is 6.07 Å². The molecule has 2 heterocycles. The van der Waals surface area contributed by atoms with E-state index >= 15 is 0 Å². The van der Waals surface area contributed by atoms with Crippen LogP contribution in [0.3, 0.4) is 0 Å². The van der Waals surface area contributed by atoms with Gasteiger partial charge in [-0.2, -0.15) is 0 Å². The van der Waals surface area contributed by atoms with Crippen molar-refractivity contribution < 1.29 is 14.3 Å². The van der Waals surface area contributed by atoms with E-state index in [0.717, 1.165) is 0 Å². The van der Waals surface area contributed by atoms with Crippen LogP contribution in [-0.2, 0) is 0 Å². The van der Waals surface area contributed by atoms with Gasteiger partial charge in [-0.05, 0) is 30.3 Å². The predicted molar refractivity (Wildman–Crippen MR) is 87.3 cm³/mol. The zero-order valence-electron chi connectivity index (χ0n) is 12.8. The van der Waals surface area contributed by atoms with E-state index in [2.05, 4.69) is 20.3 Å². The number of anilines is 1. The van der Waals surface area contributed by atoms with E-state index in [-0.39, 0.29) is 11.9 Å². The van der Waals surface area contributed by atoms with Gasteiger partial charge in [0, 0.05) is 30.3 Å². The maximum atomic E-state index is 12.1. The standard InChI is InChI=1S/C17H14N4O3/c1-23-15-11-12(21-16(22)13-5-2-3-8-18-13)6-7-14(15)24-17-19-9-4-10-20-17/h2-11H,1H3,(H,21,22). The Bertz CT molecular complexity index is 826. The van der Waals surface area contributed by atoms with Crippen molar-refractivity contribution in [3.8, 4) is 17.5 Å². The van der Waals surface area contributed by atoms with Crippen LogP contribution in [-0.4, -0.2) is 28.0 Å². The number of nitrogens with zero attached hydrogens (tertiary/aromatic N) is 3. The third-order valence-electron chi connectivity index (χ3n) is 3.06. The second kappa shape index (κ2) is 7.19. The van der Waals surface area contributed by atoms with E-state index in [0.29, 0.717) is 22.9 Å². The third kappa shape index (κ3) is 3.64. The molecule has 0 fully saturated rings. The van der Waals surface area contributed by atoms with E-state index in [9.17, 15) is 4.79 Å². The molecule has 0 atom stereocenters. The van der Waals surface area contributed by atoms with Gasteiger partial charge < -0.3 is 14.8 Å². The van der Waals surface area contributed by atoms with Crippen LogP contribution in [0.5, 0.6) is 17.5 Å². The molecule has 2 aromatic heterocycles. The molecule has 0 bridgehead atoms. The molecule has 120 valence electrons. The lowest BCUT2D eigenvalue weighted by Crippen LogP contribution is -2.13. The van der Waals surface area contributed by atoms with Crippen molar-refractivity contribution in [2.24, 2.45) is 0 Å². The van der Waals surface area contributed by atoms with Gasteiger partial charge in [0.05, 0.1) is 7.11 Å². The Morgan fingerprint density at radius 2 is 1.75 bits per heavy atom. The maximum absolute atomic E-state index is 12.1. The summed E-state index contributed by atoms with van der Waals surface area (Å²) < 4.78 is 10.9. The van der Waals surface area contributed by atoms with Crippen molar-refractivity contribution in [3.05, 3.63) is 66.7 Å². The Labute approximate surface area is 138 Å². The first-order valence-electron chi connectivity index (χ1n) is 7.11. The number of carbonyl (C=O) groups excluding carboxylic acids is 1. The summed E-state index contributed by atoms with van der Waals surface area (Å²) in [5.41, 5.74) is 0.887. The normalized spacial score (nSPS) is 10.0. The lowest BCUT2D eigenvalue weighted by atomic mass is 10.2. The molecule has 1 aromatic carbocycles. The zero-order valence-corrected chi connectivity index (χ0v) is 12.8. The number of nitrogens with one attached hydrogen (secondary N) is 1. The maximum Gasteiger partial charge on any atom is 0.321 e. The minimum absolute atomic E-state index is 0.209. The quantitative estimate of drug-likeness (QED) is 0.777. The first-order chi connectivity index (χ1) is 11.8. The van der Waals surface area contributed by atoms with Crippen LogP contribution in [0.2, 0.25) is 0 Å². The highest BCUT2D eigenvalue weighted by atomic mass is 16.5. The molecular formula is C17H14N4O3. The molecule has 0 spiro atoms. The fourth-order valence-corrected chi connectivity index (χ4v) is 1.96. The lowest BCUT2D eigenvalue weighted by Gasteiger charge is -2.11. The van der Waals surface area contributed by atoms with Crippen LogP contribution in [0.25, 0.3) is 0 Å². The number of hydrogen-bond acceptors (Lipinski definition) is 6. The van der Waals surface area contributed by atoms with Gasteiger partial charge >= 0.3 is 6.01 Å². The van der Waals surface area contributed by atoms with E-state index < -0.39 is 0 Å². The molecule has 0 radical (unpaired) electrons. The topological polar surface area (TPSA) is 86.2 Å². The summed E-state index contributed by atoms with van der Waals surface area (Å²) >= 11 is 0. The molecule has 0 aliphatic carbocycles. The number of rotatable bonds is 5. The Morgan fingerprint density at radius 3 is 2.46 bits per heavy atom. The Hall–Kier alpha value is -3.48. The summed E-state index contributed by atoms with van der Waals surface area (Å²) in [5, 5.41) is 2.76. The summed E-state index contributed by atoms with van der Waals surface area (Å²) in [6, 6.07) is 12.1. The van der Waals surface area contributed by atoms with Gasteiger partial charge in [0.25, 0.3) is 5.91 Å². The highest BCUT2D eigenvalue weighted by Crippen LogP contribution is 2.32. The molecule has 0 unspecified atom stereocenters. The van der Waals surface area contributed by atoms with E-state index in [1.54, 1.807) is 61.1 Å². The molecule has 1 amide bonds. The van der Waals surface area contributed by atoms with Crippen LogP contribution in [0, 0.1) is 0 Å². The highest BCUT2D eigenvalue weighted by Gasteiger charge is 2.11. The number of carbonyl (C=O) groups is 1. The molecule has 7 nitrogen and oxygen atoms in total. The van der Waals surface area contributed by atoms with E-state index in [1.165, 1.54) is 7.11 Å². The lowest BCUT2D eigenvalue weighted by molar-refractivity contribution is 0.102. The minimum Gasteiger partial charge on any atom is -0.493 e. The number of amides is 1. The Kier molecular flexibility index (Phi) is 4.62. The summed E-state index contributed by atoms with van der Waals surface area (Å²) in [6.45, 7) is 0. The summed E-state index contributed by atoms with van der Waals surface area (Å²) in [7, 11) is 1.51. The number of methoxy groups -OCH3 is 1. The van der Waals surface area contributed by atoms with E-state index in [4.69, 9.17) is 9.47 Å². The molecular weight excluding hydrogens is 308 g/mol. The second-order valence-corrected chi connectivity index (χ2v) is 4.67. The zero-order chi connectivity index (χ0) is 16.8. The van der Waals surface area contributed by atoms with Crippen LogP contribution < -0.4 is 14.8 Å². The van der Waals surface area contributed by atoms with Crippen LogP contribution in [0.15, 0.2) is 61.1 Å². The Balaban J connectivity index is 1.78. The third-order valence-corrected chi connectivity index (χ3v) is 3.06. The van der Waals surface area contributed by atoms with Gasteiger partial charge in [-0.3, -0.25) is 9.78 Å². The number of benzene rings is 1. The minimum atomic E-state index is -0.308. The van der Waals surface area contributed by atoms with Gasteiger partial charge in [0.1, 0.15) is 5.69 Å². The molecule has 0 aliphatic rings. The smallest absolute Gasteiger partial charge is 0.321 e. The van der Waals surface area contributed by atoms with Gasteiger partial charge in [0.15, 0.2) is 11.5 Å². The molecule has 0 saturated carbocycles. The fraction of sp³-hybridized carbons (Fsp3) is 0.0588. The van der Waals surface area contributed by atoms with Crippen molar-refractivity contribution >= 4 is 11.6 Å². The number of hydrogen-bond donors (Lipinski definition) is 1. The van der Waals surface area contributed by atoms with Crippen LogP contribution in [0.4, 0.5) is 5.69 Å². The SMILES string of the molecule is COc1cc(NC(=O)c2ccccn2)ccc1Oc1ncccn1. The van der Waals surface area contributed by atoms with Crippen molar-refractivity contribution in [1.82, 2.24) is 15.0 Å². The monoisotopic (exact) mass is 322 g/mol. The molecule has 7 heteroatoms. The molecule has 3 rings (SSSR count). The summed E-state index contributed by atoms with van der Waals surface area (Å²) in [4.78, 5) is 24.1. The van der Waals surface area contributed by atoms with Crippen molar-refractivity contribution in [2.45, 2.75) is 0 Å². The molecule has 24 heavy (non-hydrogen) atoms. The molecule has 3 aromatic rings. The van der Waals surface area contributed by atoms with Gasteiger partial charge in [0.2, 0.25) is 0 Å². The van der Waals surface area contributed by atoms with Crippen LogP contribution in [0.1, 0.15) is 10.5 Å². The fourth-order valence-electron chi connectivity index (χ4n) is 1.96. The molecule has 1 N–H and O–H groups in total. The van der Waals surface area contributed by atoms with Crippen molar-refractivity contribution in [2.75, 3.05) is 12.4 Å². The highest BCUT2D eigenvalue weighted by molar-refractivity contribution is 6.02. The largest absolute Gasteiger partial charge is 0.493 e. The van der Waals surface area contributed by atoms with Crippen molar-refractivity contribution in [1.29, 1.82) is 0 Å². The van der Waals surface area contributed by atoms with Gasteiger partial charge in [-0.15, -0.1) is 0 Å². The average molecular weight is 322 g/mol. The van der Waals surface area contributed by atoms with E-state index in [1.807, 2.05) is 0 Å². The molecule has 0 aliphatic heterocycles. The summed E-state index contributed by atoms with van der Waals surface area (Å²) in [5.74, 6) is 0.582. The Morgan fingerprint density at radius 1 is 0.958 bits per heavy atom.